The predicted octanol–water partition coefficient (Wildman–Crippen LogP) is 1.75. The fraction of sp³-hybridized carbons (Fsp3) is 0.250. The number of nitrogens with zero attached hydrogens (tertiary/aromatic N) is 2. The Balaban J connectivity index is 2.56. The van der Waals surface area contributed by atoms with Gasteiger partial charge >= 0.3 is 5.97 Å². The number of aliphatic carboxylic acids is 1. The van der Waals surface area contributed by atoms with Crippen molar-refractivity contribution in [3.8, 4) is 6.07 Å². The van der Waals surface area contributed by atoms with E-state index >= 15 is 0 Å². The van der Waals surface area contributed by atoms with E-state index < -0.39 is 24.5 Å². The van der Waals surface area contributed by atoms with E-state index in [2.05, 4.69) is 0 Å². The normalized spacial score (nSPS) is 17.5. The first kappa shape index (κ1) is 12.4. The van der Waals surface area contributed by atoms with Gasteiger partial charge in [-0.3, -0.25) is 9.59 Å². The van der Waals surface area contributed by atoms with E-state index in [0.29, 0.717) is 21.7 Å². The number of carboxylic acid groups (broad SMARTS) is 1. The molecule has 1 unspecified atom stereocenters. The molecular formula is C12H9ClN2O3. The van der Waals surface area contributed by atoms with Crippen molar-refractivity contribution in [1.29, 1.82) is 5.26 Å². The Bertz CT molecular complexity index is 592. The first-order valence-corrected chi connectivity index (χ1v) is 5.56. The van der Waals surface area contributed by atoms with Crippen LogP contribution in [0.5, 0.6) is 0 Å². The first-order chi connectivity index (χ1) is 8.47. The van der Waals surface area contributed by atoms with Gasteiger partial charge in [0.1, 0.15) is 12.6 Å². The molecule has 1 heterocycles. The number of hydrogen-bond acceptors (Lipinski definition) is 3. The molecule has 5 nitrogen and oxygen atoms in total. The van der Waals surface area contributed by atoms with Crippen LogP contribution in [0.3, 0.4) is 0 Å². The van der Waals surface area contributed by atoms with Gasteiger partial charge in [0, 0.05) is 10.6 Å². The van der Waals surface area contributed by atoms with Crippen molar-refractivity contribution >= 4 is 23.5 Å². The number of carbonyl (C=O) groups excluding carboxylic acids is 1. The van der Waals surface area contributed by atoms with Gasteiger partial charge in [0.05, 0.1) is 11.6 Å². The second-order valence-electron chi connectivity index (χ2n) is 4.00. The van der Waals surface area contributed by atoms with Gasteiger partial charge in [-0.05, 0) is 18.6 Å². The molecule has 1 aliphatic heterocycles. The lowest BCUT2D eigenvalue weighted by atomic mass is 10.0. The molecule has 1 aromatic rings. The molecule has 92 valence electrons. The highest BCUT2D eigenvalue weighted by Crippen LogP contribution is 2.37. The molecule has 0 saturated heterocycles. The van der Waals surface area contributed by atoms with Crippen LogP contribution in [0.2, 0.25) is 5.02 Å². The summed E-state index contributed by atoms with van der Waals surface area (Å²) < 4.78 is 0. The molecule has 0 bridgehead atoms. The molecule has 0 aliphatic carbocycles. The van der Waals surface area contributed by atoms with Crippen LogP contribution in [0.15, 0.2) is 12.1 Å². The summed E-state index contributed by atoms with van der Waals surface area (Å²) in [5.74, 6) is -1.61. The smallest absolute Gasteiger partial charge is 0.323 e. The molecule has 1 N–H and O–H groups in total. The van der Waals surface area contributed by atoms with E-state index in [9.17, 15) is 9.59 Å². The van der Waals surface area contributed by atoms with Gasteiger partial charge in [0.25, 0.3) is 5.91 Å². The van der Waals surface area contributed by atoms with Gasteiger partial charge in [0.15, 0.2) is 0 Å². The SMILES string of the molecule is Cc1c(Cl)ccc2c1C(=O)N(CC(=O)O)C2C#N. The molecule has 0 saturated carbocycles. The number of carboxylic acids is 1. The zero-order chi connectivity index (χ0) is 13.4. The molecule has 1 aromatic carbocycles. The van der Waals surface area contributed by atoms with Gasteiger partial charge in [-0.2, -0.15) is 5.26 Å². The van der Waals surface area contributed by atoms with Crippen LogP contribution in [-0.2, 0) is 4.79 Å². The maximum Gasteiger partial charge on any atom is 0.323 e. The second kappa shape index (κ2) is 4.31. The zero-order valence-electron chi connectivity index (χ0n) is 9.48. The highest BCUT2D eigenvalue weighted by Gasteiger charge is 2.39. The van der Waals surface area contributed by atoms with Crippen LogP contribution < -0.4 is 0 Å². The molecule has 6 heteroatoms. The van der Waals surface area contributed by atoms with Gasteiger partial charge in [-0.25, -0.2) is 0 Å². The molecule has 18 heavy (non-hydrogen) atoms. The van der Waals surface area contributed by atoms with Crippen molar-refractivity contribution in [2.45, 2.75) is 13.0 Å². The molecule has 2 rings (SSSR count). The number of carbonyl (C=O) groups is 2. The molecule has 1 aliphatic rings. The van der Waals surface area contributed by atoms with Gasteiger partial charge in [-0.1, -0.05) is 17.7 Å². The summed E-state index contributed by atoms with van der Waals surface area (Å²) in [6.07, 6.45) is 0. The highest BCUT2D eigenvalue weighted by atomic mass is 35.5. The van der Waals surface area contributed by atoms with E-state index in [1.54, 1.807) is 19.1 Å². The fourth-order valence-corrected chi connectivity index (χ4v) is 2.25. The van der Waals surface area contributed by atoms with Crippen LogP contribution in [-0.4, -0.2) is 28.4 Å². The third-order valence-electron chi connectivity index (χ3n) is 2.94. The average molecular weight is 265 g/mol. The van der Waals surface area contributed by atoms with E-state index in [1.807, 2.05) is 6.07 Å². The Labute approximate surface area is 108 Å². The number of halogens is 1. The Morgan fingerprint density at radius 3 is 2.83 bits per heavy atom. The molecule has 0 fully saturated rings. The Morgan fingerprint density at radius 2 is 2.28 bits per heavy atom. The van der Waals surface area contributed by atoms with E-state index in [-0.39, 0.29) is 0 Å². The number of benzene rings is 1. The van der Waals surface area contributed by atoms with Crippen molar-refractivity contribution in [3.63, 3.8) is 0 Å². The molecule has 0 aromatic heterocycles. The van der Waals surface area contributed by atoms with Crippen molar-refractivity contribution in [3.05, 3.63) is 33.8 Å². The molecule has 0 radical (unpaired) electrons. The molecule has 1 atom stereocenters. The monoisotopic (exact) mass is 264 g/mol. The maximum absolute atomic E-state index is 12.1. The maximum atomic E-state index is 12.1. The van der Waals surface area contributed by atoms with Crippen LogP contribution in [0.4, 0.5) is 0 Å². The number of fused-ring (bicyclic) bond motifs is 1. The minimum Gasteiger partial charge on any atom is -0.480 e. The zero-order valence-corrected chi connectivity index (χ0v) is 10.2. The lowest BCUT2D eigenvalue weighted by Crippen LogP contribution is -2.32. The number of hydrogen-bond donors (Lipinski definition) is 1. The number of amides is 1. The quantitative estimate of drug-likeness (QED) is 0.882. The largest absolute Gasteiger partial charge is 0.480 e. The van der Waals surface area contributed by atoms with Crippen LogP contribution in [0.25, 0.3) is 0 Å². The lowest BCUT2D eigenvalue weighted by Gasteiger charge is -2.16. The average Bonchev–Trinajstić information content (AvgIpc) is 2.57. The highest BCUT2D eigenvalue weighted by molar-refractivity contribution is 6.32. The van der Waals surface area contributed by atoms with Crippen LogP contribution in [0, 0.1) is 18.3 Å². The number of rotatable bonds is 2. The fourth-order valence-electron chi connectivity index (χ4n) is 2.10. The van der Waals surface area contributed by atoms with Gasteiger partial charge in [0.2, 0.25) is 0 Å². The summed E-state index contributed by atoms with van der Waals surface area (Å²) in [4.78, 5) is 23.9. The molecular weight excluding hydrogens is 256 g/mol. The van der Waals surface area contributed by atoms with Crippen molar-refractivity contribution in [1.82, 2.24) is 4.90 Å². The second-order valence-corrected chi connectivity index (χ2v) is 4.40. The predicted molar refractivity (Wildman–Crippen MR) is 63.2 cm³/mol. The van der Waals surface area contributed by atoms with Crippen LogP contribution in [0.1, 0.15) is 27.5 Å². The molecule has 0 spiro atoms. The minimum atomic E-state index is -1.15. The van der Waals surface area contributed by atoms with Crippen molar-refractivity contribution < 1.29 is 14.7 Å². The van der Waals surface area contributed by atoms with Crippen molar-refractivity contribution in [2.75, 3.05) is 6.54 Å². The topological polar surface area (TPSA) is 81.4 Å². The summed E-state index contributed by atoms with van der Waals surface area (Å²) >= 11 is 5.93. The summed E-state index contributed by atoms with van der Waals surface area (Å²) in [5, 5.41) is 18.3. The van der Waals surface area contributed by atoms with E-state index in [4.69, 9.17) is 22.0 Å². The first-order valence-electron chi connectivity index (χ1n) is 5.18. The lowest BCUT2D eigenvalue weighted by molar-refractivity contribution is -0.137. The summed E-state index contributed by atoms with van der Waals surface area (Å²) in [6, 6.07) is 4.29. The summed E-state index contributed by atoms with van der Waals surface area (Å²) in [5.41, 5.74) is 1.44. The summed E-state index contributed by atoms with van der Waals surface area (Å²) in [7, 11) is 0. The Morgan fingerprint density at radius 1 is 1.61 bits per heavy atom. The Hall–Kier alpha value is -2.06. The number of nitriles is 1. The van der Waals surface area contributed by atoms with Crippen molar-refractivity contribution in [2.24, 2.45) is 0 Å². The van der Waals surface area contributed by atoms with E-state index in [0.717, 1.165) is 4.90 Å². The summed E-state index contributed by atoms with van der Waals surface area (Å²) in [6.45, 7) is 1.18. The van der Waals surface area contributed by atoms with Crippen LogP contribution >= 0.6 is 11.6 Å². The standard InChI is InChI=1S/C12H9ClN2O3/c1-6-8(13)3-2-7-9(4-14)15(5-10(16)17)12(18)11(6)7/h2-3,9H,5H2,1H3,(H,16,17). The van der Waals surface area contributed by atoms with Gasteiger partial charge < -0.3 is 10.0 Å². The van der Waals surface area contributed by atoms with Gasteiger partial charge in [-0.15, -0.1) is 0 Å². The third-order valence-corrected chi connectivity index (χ3v) is 3.35. The third kappa shape index (κ3) is 1.71. The minimum absolute atomic E-state index is 0.343. The molecule has 1 amide bonds. The Kier molecular flexibility index (Phi) is 2.97. The van der Waals surface area contributed by atoms with E-state index in [1.165, 1.54) is 0 Å².